The number of allylic oxidation sites excluding steroid dienone is 5. The van der Waals surface area contributed by atoms with Crippen molar-refractivity contribution in [2.45, 2.75) is 47.0 Å². The molecule has 0 aromatic rings. The molecule has 0 heteroatoms. The van der Waals surface area contributed by atoms with Crippen molar-refractivity contribution in [2.24, 2.45) is 0 Å². The fourth-order valence-electron chi connectivity index (χ4n) is 1.07. The van der Waals surface area contributed by atoms with Gasteiger partial charge in [-0.05, 0) is 31.8 Å². The molecule has 0 bridgehead atoms. The summed E-state index contributed by atoms with van der Waals surface area (Å²) >= 11 is 0. The second-order valence-electron chi connectivity index (χ2n) is 3.37. The molecule has 0 radical (unpaired) electrons. The Morgan fingerprint density at radius 1 is 1.00 bits per heavy atom. The number of hydrogen-bond donors (Lipinski definition) is 0. The first-order chi connectivity index (χ1) is 6.15. The molecule has 0 saturated heterocycles. The van der Waals surface area contributed by atoms with E-state index in [0.717, 1.165) is 19.3 Å². The van der Waals surface area contributed by atoms with Crippen LogP contribution in [0.1, 0.15) is 47.0 Å². The first kappa shape index (κ1) is 12.2. The summed E-state index contributed by atoms with van der Waals surface area (Å²) in [5.74, 6) is 0. The molecule has 0 aliphatic heterocycles. The smallest absolute Gasteiger partial charge is 0.0305 e. The van der Waals surface area contributed by atoms with Gasteiger partial charge in [-0.2, -0.15) is 0 Å². The predicted molar refractivity (Wildman–Crippen MR) is 61.9 cm³/mol. The Hall–Kier alpha value is -0.780. The molecule has 0 saturated carbocycles. The second kappa shape index (κ2) is 6.71. The third kappa shape index (κ3) is 4.72. The Morgan fingerprint density at radius 3 is 2.00 bits per heavy atom. The maximum atomic E-state index is 4.05. The fourth-order valence-corrected chi connectivity index (χ4v) is 1.07. The molecule has 0 aliphatic carbocycles. The molecule has 0 rings (SSSR count). The standard InChI is InChI=1S/C13H22/c1-6-11(4)9-10-13(8-3)12(5)7-2/h9-10H,5-8H2,1-4H3/b11-9-,13-10-. The molecule has 0 aromatic carbocycles. The Balaban J connectivity index is 4.48. The van der Waals surface area contributed by atoms with Crippen molar-refractivity contribution >= 4 is 0 Å². The lowest BCUT2D eigenvalue weighted by Gasteiger charge is -2.04. The average Bonchev–Trinajstić information content (AvgIpc) is 2.17. The van der Waals surface area contributed by atoms with Crippen LogP contribution in [0.5, 0.6) is 0 Å². The molecule has 0 amide bonds. The molecule has 0 atom stereocenters. The quantitative estimate of drug-likeness (QED) is 0.538. The van der Waals surface area contributed by atoms with Gasteiger partial charge in [0.05, 0.1) is 0 Å². The number of rotatable bonds is 5. The van der Waals surface area contributed by atoms with E-state index in [-0.39, 0.29) is 0 Å². The van der Waals surface area contributed by atoms with Crippen LogP contribution in [0.4, 0.5) is 0 Å². The second-order valence-corrected chi connectivity index (χ2v) is 3.37. The molecule has 0 aliphatic rings. The summed E-state index contributed by atoms with van der Waals surface area (Å²) in [6.07, 6.45) is 7.69. The van der Waals surface area contributed by atoms with Crippen molar-refractivity contribution in [3.63, 3.8) is 0 Å². The van der Waals surface area contributed by atoms with Gasteiger partial charge in [-0.3, -0.25) is 0 Å². The van der Waals surface area contributed by atoms with Crippen molar-refractivity contribution in [1.82, 2.24) is 0 Å². The van der Waals surface area contributed by atoms with Crippen LogP contribution in [0.15, 0.2) is 35.5 Å². The third-order valence-corrected chi connectivity index (χ3v) is 2.39. The summed E-state index contributed by atoms with van der Waals surface area (Å²) in [7, 11) is 0. The predicted octanol–water partition coefficient (Wildman–Crippen LogP) is 4.65. The van der Waals surface area contributed by atoms with Gasteiger partial charge in [0.2, 0.25) is 0 Å². The molecule has 0 spiro atoms. The third-order valence-electron chi connectivity index (χ3n) is 2.39. The van der Waals surface area contributed by atoms with Crippen LogP contribution < -0.4 is 0 Å². The van der Waals surface area contributed by atoms with Crippen molar-refractivity contribution in [3.8, 4) is 0 Å². The zero-order chi connectivity index (χ0) is 10.3. The molecule has 0 heterocycles. The highest BCUT2D eigenvalue weighted by molar-refractivity contribution is 5.31. The fraction of sp³-hybridized carbons (Fsp3) is 0.538. The minimum atomic E-state index is 1.05. The van der Waals surface area contributed by atoms with Crippen molar-refractivity contribution in [1.29, 1.82) is 0 Å². The van der Waals surface area contributed by atoms with Gasteiger partial charge in [-0.15, -0.1) is 0 Å². The van der Waals surface area contributed by atoms with Gasteiger partial charge in [0.15, 0.2) is 0 Å². The maximum Gasteiger partial charge on any atom is -0.0305 e. The summed E-state index contributed by atoms with van der Waals surface area (Å²) in [5.41, 5.74) is 4.08. The Kier molecular flexibility index (Phi) is 6.30. The van der Waals surface area contributed by atoms with E-state index in [4.69, 9.17) is 0 Å². The molecule has 13 heavy (non-hydrogen) atoms. The zero-order valence-electron chi connectivity index (χ0n) is 9.48. The van der Waals surface area contributed by atoms with Crippen LogP contribution in [0.2, 0.25) is 0 Å². The van der Waals surface area contributed by atoms with Gasteiger partial charge in [0, 0.05) is 0 Å². The van der Waals surface area contributed by atoms with Crippen molar-refractivity contribution in [2.75, 3.05) is 0 Å². The molecule has 74 valence electrons. The van der Waals surface area contributed by atoms with Gasteiger partial charge in [-0.25, -0.2) is 0 Å². The lowest BCUT2D eigenvalue weighted by Crippen LogP contribution is -1.84. The Bertz CT molecular complexity index is 216. The van der Waals surface area contributed by atoms with Crippen LogP contribution in [0.25, 0.3) is 0 Å². The SMILES string of the molecule is C=C(CC)/C(=C\C=C(\C)CC)CC. The molecule has 0 unspecified atom stereocenters. The van der Waals surface area contributed by atoms with Gasteiger partial charge >= 0.3 is 0 Å². The molecular formula is C13H22. The Morgan fingerprint density at radius 2 is 1.62 bits per heavy atom. The monoisotopic (exact) mass is 178 g/mol. The van der Waals surface area contributed by atoms with Gasteiger partial charge < -0.3 is 0 Å². The molecule has 0 nitrogen and oxygen atoms in total. The van der Waals surface area contributed by atoms with E-state index in [0.29, 0.717) is 0 Å². The van der Waals surface area contributed by atoms with E-state index in [9.17, 15) is 0 Å². The van der Waals surface area contributed by atoms with E-state index >= 15 is 0 Å². The summed E-state index contributed by atoms with van der Waals surface area (Å²) in [4.78, 5) is 0. The first-order valence-electron chi connectivity index (χ1n) is 5.20. The highest BCUT2D eigenvalue weighted by Crippen LogP contribution is 2.15. The molecule has 0 aromatic heterocycles. The zero-order valence-corrected chi connectivity index (χ0v) is 9.48. The normalized spacial score (nSPS) is 13.2. The average molecular weight is 178 g/mol. The Labute approximate surface area is 83.0 Å². The molecular weight excluding hydrogens is 156 g/mol. The van der Waals surface area contributed by atoms with Crippen molar-refractivity contribution < 1.29 is 0 Å². The summed E-state index contributed by atoms with van der Waals surface area (Å²) in [6.45, 7) is 12.7. The molecule has 0 N–H and O–H groups in total. The number of hydrogen-bond acceptors (Lipinski definition) is 0. The largest absolute Gasteiger partial charge is 0.0956 e. The van der Waals surface area contributed by atoms with E-state index < -0.39 is 0 Å². The highest BCUT2D eigenvalue weighted by Gasteiger charge is 1.95. The van der Waals surface area contributed by atoms with Crippen LogP contribution in [-0.2, 0) is 0 Å². The van der Waals surface area contributed by atoms with Crippen LogP contribution in [0, 0.1) is 0 Å². The van der Waals surface area contributed by atoms with E-state index in [1.54, 1.807) is 0 Å². The summed E-state index contributed by atoms with van der Waals surface area (Å²) < 4.78 is 0. The van der Waals surface area contributed by atoms with E-state index in [1.165, 1.54) is 16.7 Å². The lowest BCUT2D eigenvalue weighted by atomic mass is 10.0. The summed E-state index contributed by atoms with van der Waals surface area (Å²) in [5, 5.41) is 0. The van der Waals surface area contributed by atoms with E-state index in [1.807, 2.05) is 0 Å². The van der Waals surface area contributed by atoms with E-state index in [2.05, 4.69) is 46.4 Å². The maximum absolute atomic E-state index is 4.05. The molecule has 0 fully saturated rings. The topological polar surface area (TPSA) is 0 Å². The summed E-state index contributed by atoms with van der Waals surface area (Å²) in [6, 6.07) is 0. The van der Waals surface area contributed by atoms with Gasteiger partial charge in [0.25, 0.3) is 0 Å². The van der Waals surface area contributed by atoms with Gasteiger partial charge in [0.1, 0.15) is 0 Å². The van der Waals surface area contributed by atoms with Crippen molar-refractivity contribution in [3.05, 3.63) is 35.5 Å². The van der Waals surface area contributed by atoms with Crippen LogP contribution >= 0.6 is 0 Å². The van der Waals surface area contributed by atoms with Gasteiger partial charge in [-0.1, -0.05) is 50.6 Å². The minimum absolute atomic E-state index is 1.05. The van der Waals surface area contributed by atoms with Crippen LogP contribution in [-0.4, -0.2) is 0 Å². The van der Waals surface area contributed by atoms with Crippen LogP contribution in [0.3, 0.4) is 0 Å². The lowest BCUT2D eigenvalue weighted by molar-refractivity contribution is 1.03. The minimum Gasteiger partial charge on any atom is -0.0956 e. The highest BCUT2D eigenvalue weighted by atomic mass is 14.0. The first-order valence-corrected chi connectivity index (χ1v) is 5.20.